The van der Waals surface area contributed by atoms with Gasteiger partial charge in [-0.1, -0.05) is 18.2 Å². The Balaban J connectivity index is 1.77. The molecule has 6 heteroatoms. The number of ether oxygens (including phenoxy) is 1. The Kier molecular flexibility index (Phi) is 3.60. The van der Waals surface area contributed by atoms with Crippen molar-refractivity contribution in [3.05, 3.63) is 48.0 Å². The van der Waals surface area contributed by atoms with Crippen molar-refractivity contribution in [2.24, 2.45) is 4.99 Å². The second kappa shape index (κ2) is 5.55. The molecule has 4 rings (SSSR count). The smallest absolute Gasteiger partial charge is 0.296 e. The second-order valence-corrected chi connectivity index (χ2v) is 7.30. The number of amidine groups is 1. The van der Waals surface area contributed by atoms with Gasteiger partial charge in [-0.2, -0.15) is 0 Å². The van der Waals surface area contributed by atoms with Gasteiger partial charge in [-0.25, -0.2) is 15.0 Å². The fourth-order valence-electron chi connectivity index (χ4n) is 3.88. The SMILES string of the molecule is CC1(C)OC(NBr)=NC12CCc1c(cccc1-c1cncnc1)C2. The van der Waals surface area contributed by atoms with E-state index in [-0.39, 0.29) is 11.1 Å². The molecule has 1 aliphatic heterocycles. The topological polar surface area (TPSA) is 59.4 Å². The van der Waals surface area contributed by atoms with E-state index in [1.807, 2.05) is 12.4 Å². The molecule has 1 spiro atoms. The highest BCUT2D eigenvalue weighted by atomic mass is 79.9. The third kappa shape index (κ3) is 2.32. The van der Waals surface area contributed by atoms with E-state index in [4.69, 9.17) is 9.73 Å². The minimum Gasteiger partial charge on any atom is -0.456 e. The number of hydrogen-bond acceptors (Lipinski definition) is 5. The molecule has 1 aliphatic carbocycles. The number of aliphatic imine (C=N–C) groups is 1. The van der Waals surface area contributed by atoms with Gasteiger partial charge in [0.25, 0.3) is 6.02 Å². The molecule has 2 aliphatic rings. The highest BCUT2D eigenvalue weighted by Gasteiger charge is 2.53. The maximum absolute atomic E-state index is 5.99. The first-order valence-corrected chi connectivity index (χ1v) is 8.86. The minimum absolute atomic E-state index is 0.234. The molecule has 0 bridgehead atoms. The number of rotatable bonds is 1. The number of benzene rings is 1. The molecule has 2 heterocycles. The van der Waals surface area contributed by atoms with Crippen LogP contribution >= 0.6 is 16.1 Å². The summed E-state index contributed by atoms with van der Waals surface area (Å²) < 4.78 is 8.87. The molecule has 0 fully saturated rings. The van der Waals surface area contributed by atoms with Crippen LogP contribution in [0, 0.1) is 0 Å². The van der Waals surface area contributed by atoms with Gasteiger partial charge in [0, 0.05) is 24.4 Å². The standard InChI is InChI=1S/C18H19BrN4O/c1-17(2)18(22-16(23-19)24-17)7-6-15-12(8-18)4-3-5-14(15)13-9-20-11-21-10-13/h3-5,9-11H,6-8H2,1-2H3,(H,22,23). The summed E-state index contributed by atoms with van der Waals surface area (Å²) in [5.41, 5.74) is 4.43. The summed E-state index contributed by atoms with van der Waals surface area (Å²) in [7, 11) is 0. The van der Waals surface area contributed by atoms with Crippen LogP contribution in [0.4, 0.5) is 0 Å². The van der Waals surface area contributed by atoms with Crippen molar-refractivity contribution in [1.29, 1.82) is 0 Å². The lowest BCUT2D eigenvalue weighted by molar-refractivity contribution is 0.0351. The zero-order chi connectivity index (χ0) is 16.8. The van der Waals surface area contributed by atoms with Crippen molar-refractivity contribution in [1.82, 2.24) is 14.3 Å². The lowest BCUT2D eigenvalue weighted by Crippen LogP contribution is -2.50. The summed E-state index contributed by atoms with van der Waals surface area (Å²) in [4.78, 5) is 13.2. The van der Waals surface area contributed by atoms with Gasteiger partial charge in [-0.05, 0) is 43.4 Å². The Hall–Kier alpha value is -1.95. The molecule has 0 saturated heterocycles. The lowest BCUT2D eigenvalue weighted by atomic mass is 9.69. The van der Waals surface area contributed by atoms with E-state index < -0.39 is 0 Å². The maximum Gasteiger partial charge on any atom is 0.296 e. The molecule has 2 aromatic rings. The minimum atomic E-state index is -0.341. The predicted octanol–water partition coefficient (Wildman–Crippen LogP) is 3.44. The van der Waals surface area contributed by atoms with Crippen LogP contribution in [0.3, 0.4) is 0 Å². The van der Waals surface area contributed by atoms with E-state index in [1.165, 1.54) is 16.7 Å². The molecule has 1 N–H and O–H groups in total. The number of nitrogens with one attached hydrogen (secondary N) is 1. The van der Waals surface area contributed by atoms with Gasteiger partial charge in [0.15, 0.2) is 0 Å². The summed E-state index contributed by atoms with van der Waals surface area (Å²) >= 11 is 3.23. The number of aromatic nitrogens is 2. The summed E-state index contributed by atoms with van der Waals surface area (Å²) in [6.07, 6.45) is 8.11. The van der Waals surface area contributed by atoms with Crippen molar-refractivity contribution in [3.63, 3.8) is 0 Å². The molecule has 1 aromatic carbocycles. The molecule has 1 atom stereocenters. The average molecular weight is 387 g/mol. The van der Waals surface area contributed by atoms with E-state index in [2.05, 4.69) is 62.5 Å². The molecule has 24 heavy (non-hydrogen) atoms. The highest BCUT2D eigenvalue weighted by Crippen LogP contribution is 2.46. The fraction of sp³-hybridized carbons (Fsp3) is 0.389. The zero-order valence-corrected chi connectivity index (χ0v) is 15.3. The average Bonchev–Trinajstić information content (AvgIpc) is 2.85. The van der Waals surface area contributed by atoms with Crippen molar-refractivity contribution in [3.8, 4) is 11.1 Å². The predicted molar refractivity (Wildman–Crippen MR) is 96.9 cm³/mol. The fourth-order valence-corrected chi connectivity index (χ4v) is 4.05. The number of fused-ring (bicyclic) bond motifs is 1. The quantitative estimate of drug-likeness (QED) is 0.762. The first-order chi connectivity index (χ1) is 11.5. The van der Waals surface area contributed by atoms with Crippen LogP contribution in [0.2, 0.25) is 0 Å². The lowest BCUT2D eigenvalue weighted by Gasteiger charge is -2.41. The molecular formula is C18H19BrN4O. The maximum atomic E-state index is 5.99. The normalized spacial score (nSPS) is 24.2. The van der Waals surface area contributed by atoms with Crippen LogP contribution in [-0.2, 0) is 17.6 Å². The first-order valence-electron chi connectivity index (χ1n) is 8.06. The van der Waals surface area contributed by atoms with E-state index in [0.29, 0.717) is 6.02 Å². The summed E-state index contributed by atoms with van der Waals surface area (Å²) in [6.45, 7) is 4.24. The van der Waals surface area contributed by atoms with Crippen LogP contribution in [0.5, 0.6) is 0 Å². The van der Waals surface area contributed by atoms with Gasteiger partial charge in [0.2, 0.25) is 0 Å². The largest absolute Gasteiger partial charge is 0.456 e. The van der Waals surface area contributed by atoms with Gasteiger partial charge in [-0.15, -0.1) is 0 Å². The van der Waals surface area contributed by atoms with Crippen LogP contribution < -0.4 is 4.34 Å². The molecule has 5 nitrogen and oxygen atoms in total. The molecule has 124 valence electrons. The van der Waals surface area contributed by atoms with E-state index in [1.54, 1.807) is 6.33 Å². The first kappa shape index (κ1) is 15.6. The van der Waals surface area contributed by atoms with Gasteiger partial charge >= 0.3 is 0 Å². The van der Waals surface area contributed by atoms with E-state index in [0.717, 1.165) is 24.8 Å². The summed E-state index contributed by atoms with van der Waals surface area (Å²) in [5, 5.41) is 0. The molecular weight excluding hydrogens is 368 g/mol. The second-order valence-electron chi connectivity index (χ2n) is 6.90. The molecule has 0 saturated carbocycles. The summed E-state index contributed by atoms with van der Waals surface area (Å²) in [5.74, 6) is 0. The van der Waals surface area contributed by atoms with E-state index in [9.17, 15) is 0 Å². The molecule has 1 unspecified atom stereocenters. The van der Waals surface area contributed by atoms with Crippen LogP contribution in [0.25, 0.3) is 11.1 Å². The Bertz CT molecular complexity index is 806. The zero-order valence-electron chi connectivity index (χ0n) is 13.7. The van der Waals surface area contributed by atoms with Crippen molar-refractivity contribution in [2.75, 3.05) is 0 Å². The Morgan fingerprint density at radius 2 is 2.00 bits per heavy atom. The number of nitrogens with zero attached hydrogens (tertiary/aromatic N) is 3. The van der Waals surface area contributed by atoms with E-state index >= 15 is 0 Å². The molecule has 0 amide bonds. The van der Waals surface area contributed by atoms with Gasteiger partial charge in [0.05, 0.1) is 16.1 Å². The summed E-state index contributed by atoms with van der Waals surface area (Å²) in [6, 6.07) is 7.03. The highest BCUT2D eigenvalue weighted by molar-refractivity contribution is 9.08. The van der Waals surface area contributed by atoms with Crippen molar-refractivity contribution in [2.45, 2.75) is 44.2 Å². The van der Waals surface area contributed by atoms with Gasteiger partial charge in [-0.3, -0.25) is 4.34 Å². The van der Waals surface area contributed by atoms with Gasteiger partial charge < -0.3 is 4.74 Å². The Morgan fingerprint density at radius 3 is 2.71 bits per heavy atom. The van der Waals surface area contributed by atoms with Crippen LogP contribution in [0.15, 0.2) is 41.9 Å². The third-order valence-corrected chi connectivity index (χ3v) is 5.62. The molecule has 0 radical (unpaired) electrons. The number of hydrogen-bond donors (Lipinski definition) is 1. The monoisotopic (exact) mass is 386 g/mol. The van der Waals surface area contributed by atoms with Crippen molar-refractivity contribution >= 4 is 22.2 Å². The number of halogens is 1. The van der Waals surface area contributed by atoms with Crippen molar-refractivity contribution < 1.29 is 4.74 Å². The third-order valence-electron chi connectivity index (χ3n) is 5.29. The Labute approximate surface area is 149 Å². The molecule has 1 aromatic heterocycles. The van der Waals surface area contributed by atoms with Crippen LogP contribution in [0.1, 0.15) is 31.4 Å². The Morgan fingerprint density at radius 1 is 1.21 bits per heavy atom. The van der Waals surface area contributed by atoms with Gasteiger partial charge in [0.1, 0.15) is 17.5 Å². The van der Waals surface area contributed by atoms with Crippen LogP contribution in [-0.4, -0.2) is 27.1 Å².